The number of fused-ring (bicyclic) bond motifs is 2. The van der Waals surface area contributed by atoms with Gasteiger partial charge in [0, 0.05) is 11.6 Å². The number of nitrogens with one attached hydrogen (secondary N) is 1. The summed E-state index contributed by atoms with van der Waals surface area (Å²) in [5.41, 5.74) is -0.143. The van der Waals surface area contributed by atoms with Crippen molar-refractivity contribution in [1.29, 1.82) is 0 Å². The van der Waals surface area contributed by atoms with Gasteiger partial charge in [0.2, 0.25) is 6.79 Å². The summed E-state index contributed by atoms with van der Waals surface area (Å²) in [6, 6.07) is 12.2. The molecule has 20 heavy (non-hydrogen) atoms. The molecule has 4 rings (SSSR count). The van der Waals surface area contributed by atoms with Gasteiger partial charge < -0.3 is 19.9 Å². The number of hydrogen-bond donors (Lipinski definition) is 2. The third-order valence-corrected chi connectivity index (χ3v) is 3.67. The lowest BCUT2D eigenvalue weighted by Crippen LogP contribution is -2.35. The Kier molecular flexibility index (Phi) is 2.11. The maximum atomic E-state index is 12.2. The van der Waals surface area contributed by atoms with Crippen LogP contribution in [0.3, 0.4) is 0 Å². The minimum absolute atomic E-state index is 0.149. The first kappa shape index (κ1) is 11.3. The number of anilines is 1. The summed E-state index contributed by atoms with van der Waals surface area (Å²) >= 11 is 0. The number of amides is 1. The monoisotopic (exact) mass is 271 g/mol. The third kappa shape index (κ3) is 1.32. The van der Waals surface area contributed by atoms with E-state index >= 15 is 0 Å². The number of carbonyl (C=O) groups is 1. The molecule has 1 atom stereocenters. The fraction of sp³-hybridized carbons (Fsp3) is 0.133. The molecule has 2 aliphatic rings. The van der Waals surface area contributed by atoms with Crippen LogP contribution in [0.25, 0.3) is 0 Å². The topological polar surface area (TPSA) is 67.8 Å². The number of rotatable bonds is 1. The molecule has 0 bridgehead atoms. The minimum Gasteiger partial charge on any atom is -0.454 e. The molecule has 2 aromatic carbocycles. The van der Waals surface area contributed by atoms with E-state index in [0.717, 1.165) is 0 Å². The molecule has 0 aliphatic carbocycles. The number of hydrogen-bond acceptors (Lipinski definition) is 4. The third-order valence-electron chi connectivity index (χ3n) is 3.67. The summed E-state index contributed by atoms with van der Waals surface area (Å²) in [5, 5.41) is 13.6. The van der Waals surface area contributed by atoms with Crippen LogP contribution in [0.4, 0.5) is 5.69 Å². The summed E-state index contributed by atoms with van der Waals surface area (Å²) in [7, 11) is 0. The molecule has 5 nitrogen and oxygen atoms in total. The van der Waals surface area contributed by atoms with Crippen molar-refractivity contribution in [2.75, 3.05) is 12.1 Å². The Labute approximate surface area is 114 Å². The van der Waals surface area contributed by atoms with Crippen molar-refractivity contribution in [3.8, 4) is 11.5 Å². The Hall–Kier alpha value is -2.53. The van der Waals surface area contributed by atoms with Crippen LogP contribution in [0, 0.1) is 0 Å². The summed E-state index contributed by atoms with van der Waals surface area (Å²) in [4.78, 5) is 12.2. The highest BCUT2D eigenvalue weighted by molar-refractivity contribution is 6.07. The highest BCUT2D eigenvalue weighted by Gasteiger charge is 2.47. The molecule has 0 saturated carbocycles. The lowest BCUT2D eigenvalue weighted by Gasteiger charge is -2.21. The van der Waals surface area contributed by atoms with E-state index in [9.17, 15) is 9.90 Å². The summed E-state index contributed by atoms with van der Waals surface area (Å²) in [6.07, 6.45) is 0. The average molecular weight is 271 g/mol. The van der Waals surface area contributed by atoms with Crippen molar-refractivity contribution < 1.29 is 19.4 Å². The zero-order valence-corrected chi connectivity index (χ0v) is 10.4. The van der Waals surface area contributed by atoms with E-state index in [1.54, 1.807) is 36.4 Å². The van der Waals surface area contributed by atoms with Gasteiger partial charge in [0.1, 0.15) is 0 Å². The van der Waals surface area contributed by atoms with Crippen LogP contribution >= 0.6 is 0 Å². The van der Waals surface area contributed by atoms with Crippen LogP contribution in [0.5, 0.6) is 11.5 Å². The van der Waals surface area contributed by atoms with Crippen LogP contribution in [0.2, 0.25) is 0 Å². The molecule has 1 amide bonds. The zero-order chi connectivity index (χ0) is 13.7. The summed E-state index contributed by atoms with van der Waals surface area (Å²) in [6.45, 7) is 0.149. The van der Waals surface area contributed by atoms with Gasteiger partial charge in [0.25, 0.3) is 5.91 Å². The molecule has 0 spiro atoms. The molecule has 100 valence electrons. The summed E-state index contributed by atoms with van der Waals surface area (Å²) in [5.74, 6) is 0.637. The Morgan fingerprint density at radius 3 is 2.55 bits per heavy atom. The van der Waals surface area contributed by atoms with Crippen molar-refractivity contribution in [2.24, 2.45) is 0 Å². The molecule has 2 N–H and O–H groups in total. The lowest BCUT2D eigenvalue weighted by atomic mass is 9.89. The molecule has 2 aliphatic heterocycles. The van der Waals surface area contributed by atoms with Gasteiger partial charge in [-0.3, -0.25) is 4.79 Å². The number of benzene rings is 2. The number of aliphatic hydroxyl groups is 1. The highest BCUT2D eigenvalue weighted by atomic mass is 18.2. The predicted molar refractivity (Wildman–Crippen MR) is 70.6 cm³/mol. The molecule has 1 unspecified atom stereocenters. The van der Waals surface area contributed by atoms with Crippen LogP contribution in [-0.4, -0.2) is 17.8 Å². The number of carbonyl (C=O) groups excluding carboxylic acids is 1. The van der Waals surface area contributed by atoms with Gasteiger partial charge in [-0.2, -0.15) is 0 Å². The van der Waals surface area contributed by atoms with Crippen LogP contribution < -0.4 is 14.8 Å². The van der Waals surface area contributed by atoms with Crippen molar-refractivity contribution in [2.45, 2.75) is 5.60 Å². The van der Waals surface area contributed by atoms with E-state index in [4.69, 9.17) is 9.47 Å². The Balaban J connectivity index is 1.94. The molecule has 0 aromatic heterocycles. The van der Waals surface area contributed by atoms with E-state index in [0.29, 0.717) is 28.3 Å². The van der Waals surface area contributed by atoms with Gasteiger partial charge in [-0.1, -0.05) is 30.3 Å². The average Bonchev–Trinajstić information content (AvgIpc) is 3.02. The van der Waals surface area contributed by atoms with Gasteiger partial charge in [-0.15, -0.1) is 0 Å². The lowest BCUT2D eigenvalue weighted by molar-refractivity contribution is -0.129. The fourth-order valence-corrected chi connectivity index (χ4v) is 2.65. The SMILES string of the molecule is O=C1Nc2cc3c(cc2C1([18OH])c1ccccc1)OCO3. The molecule has 0 saturated heterocycles. The Morgan fingerprint density at radius 2 is 1.80 bits per heavy atom. The maximum Gasteiger partial charge on any atom is 0.265 e. The smallest absolute Gasteiger partial charge is 0.265 e. The first-order valence-corrected chi connectivity index (χ1v) is 6.23. The van der Waals surface area contributed by atoms with E-state index in [-0.39, 0.29) is 6.79 Å². The van der Waals surface area contributed by atoms with Crippen LogP contribution in [-0.2, 0) is 10.4 Å². The second kappa shape index (κ2) is 3.74. The zero-order valence-electron chi connectivity index (χ0n) is 10.4. The first-order chi connectivity index (χ1) is 9.69. The van der Waals surface area contributed by atoms with Gasteiger partial charge in [0.15, 0.2) is 17.1 Å². The Morgan fingerprint density at radius 1 is 1.10 bits per heavy atom. The fourth-order valence-electron chi connectivity index (χ4n) is 2.65. The van der Waals surface area contributed by atoms with Crippen LogP contribution in [0.15, 0.2) is 42.5 Å². The van der Waals surface area contributed by atoms with Crippen molar-refractivity contribution in [1.82, 2.24) is 0 Å². The van der Waals surface area contributed by atoms with Gasteiger partial charge >= 0.3 is 0 Å². The minimum atomic E-state index is -1.70. The van der Waals surface area contributed by atoms with E-state index < -0.39 is 11.5 Å². The van der Waals surface area contributed by atoms with E-state index in [1.165, 1.54) is 0 Å². The molecular weight excluding hydrogens is 260 g/mol. The van der Waals surface area contributed by atoms with E-state index in [1.807, 2.05) is 6.07 Å². The van der Waals surface area contributed by atoms with E-state index in [2.05, 4.69) is 5.32 Å². The molecule has 2 heterocycles. The van der Waals surface area contributed by atoms with Crippen LogP contribution in [0.1, 0.15) is 11.1 Å². The van der Waals surface area contributed by atoms with Crippen molar-refractivity contribution in [3.63, 3.8) is 0 Å². The summed E-state index contributed by atoms with van der Waals surface area (Å²) < 4.78 is 10.6. The molecule has 2 aromatic rings. The van der Waals surface area contributed by atoms with Crippen molar-refractivity contribution >= 4 is 11.6 Å². The quantitative estimate of drug-likeness (QED) is 0.773. The standard InChI is InChI=1S/C15H11NO4/c17-14-15(18,9-4-2-1-3-5-9)10-6-12-13(20-8-19-12)7-11(10)16-14/h1-7,18H,8H2,(H,16,17)/i18+2. The van der Waals surface area contributed by atoms with Gasteiger partial charge in [-0.05, 0) is 11.6 Å². The largest absolute Gasteiger partial charge is 0.454 e. The maximum absolute atomic E-state index is 12.2. The van der Waals surface area contributed by atoms with Gasteiger partial charge in [-0.25, -0.2) is 0 Å². The normalized spacial score (nSPS) is 22.6. The molecule has 5 heteroatoms. The van der Waals surface area contributed by atoms with Crippen molar-refractivity contribution in [3.05, 3.63) is 53.6 Å². The first-order valence-electron chi connectivity index (χ1n) is 6.23. The molecular formula is C15H11NO4. The highest BCUT2D eigenvalue weighted by Crippen LogP contribution is 2.47. The Bertz CT molecular complexity index is 713. The molecule has 0 fully saturated rings. The van der Waals surface area contributed by atoms with Gasteiger partial charge in [0.05, 0.1) is 5.69 Å². The molecule has 0 radical (unpaired) electrons. The second-order valence-corrected chi connectivity index (χ2v) is 4.78. The predicted octanol–water partition coefficient (Wildman–Crippen LogP) is 1.60. The second-order valence-electron chi connectivity index (χ2n) is 4.78. The number of ether oxygens (including phenoxy) is 2.